The van der Waals surface area contributed by atoms with Crippen molar-refractivity contribution in [3.8, 4) is 22.6 Å². The van der Waals surface area contributed by atoms with Gasteiger partial charge in [0.1, 0.15) is 23.9 Å². The highest BCUT2D eigenvalue weighted by atomic mass is 19.1. The monoisotopic (exact) mass is 543 g/mol. The lowest BCUT2D eigenvalue weighted by Gasteiger charge is -2.57. The Morgan fingerprint density at radius 2 is 1.80 bits per heavy atom. The van der Waals surface area contributed by atoms with Gasteiger partial charge in [0, 0.05) is 17.2 Å². The van der Waals surface area contributed by atoms with Gasteiger partial charge in [0.25, 0.3) is 0 Å². The summed E-state index contributed by atoms with van der Waals surface area (Å²) < 4.78 is 27.5. The average Bonchev–Trinajstić information content (AvgIpc) is 3.27. The largest absolute Gasteiger partial charge is 0.490 e. The van der Waals surface area contributed by atoms with Crippen LogP contribution in [-0.4, -0.2) is 45.0 Å². The van der Waals surface area contributed by atoms with Crippen LogP contribution in [0.15, 0.2) is 73.1 Å². The minimum atomic E-state index is -0.923. The molecule has 0 unspecified atom stereocenters. The first-order valence-corrected chi connectivity index (χ1v) is 13.8. The molecule has 0 bridgehead atoms. The number of amides is 1. The number of fused-ring (bicyclic) bond motifs is 1. The van der Waals surface area contributed by atoms with Crippen molar-refractivity contribution >= 4 is 11.4 Å². The third-order valence-electron chi connectivity index (χ3n) is 7.90. The minimum absolute atomic E-state index is 0.000766. The Balaban J connectivity index is 0.948. The number of hydrogen-bond acceptors (Lipinski definition) is 5. The molecule has 0 atom stereocenters. The predicted octanol–water partition coefficient (Wildman–Crippen LogP) is 5.34. The fourth-order valence-electron chi connectivity index (χ4n) is 5.96. The van der Waals surface area contributed by atoms with Crippen molar-refractivity contribution in [1.29, 1.82) is 0 Å². The summed E-state index contributed by atoms with van der Waals surface area (Å²) in [6, 6.07) is 18.3. The first kappa shape index (κ1) is 26.3. The van der Waals surface area contributed by atoms with Crippen molar-refractivity contribution in [2.45, 2.75) is 63.7 Å². The number of rotatable bonds is 9. The topological polar surface area (TPSA) is 85.1 Å². The lowest BCUT2D eigenvalue weighted by atomic mass is 9.53. The summed E-state index contributed by atoms with van der Waals surface area (Å²) in [5, 5.41) is 17.4. The number of nitrogens with one attached hydrogen (secondary N) is 1. The van der Waals surface area contributed by atoms with Gasteiger partial charge in [-0.1, -0.05) is 30.3 Å². The van der Waals surface area contributed by atoms with Crippen LogP contribution in [0, 0.1) is 11.2 Å². The van der Waals surface area contributed by atoms with E-state index in [-0.39, 0.29) is 42.3 Å². The number of pyridine rings is 1. The van der Waals surface area contributed by atoms with E-state index in [2.05, 4.69) is 10.4 Å². The molecule has 2 N–H and O–H groups in total. The van der Waals surface area contributed by atoms with Crippen LogP contribution in [0.2, 0.25) is 0 Å². The molecule has 2 aliphatic rings. The van der Waals surface area contributed by atoms with Gasteiger partial charge in [0.05, 0.1) is 36.0 Å². The maximum absolute atomic E-state index is 14.0. The maximum atomic E-state index is 14.0. The van der Waals surface area contributed by atoms with E-state index in [1.807, 2.05) is 42.5 Å². The molecule has 0 aliphatic heterocycles. The number of benzene rings is 2. The molecule has 2 aromatic carbocycles. The summed E-state index contributed by atoms with van der Waals surface area (Å²) in [6.45, 7) is 3.55. The Morgan fingerprint density at radius 3 is 2.52 bits per heavy atom. The van der Waals surface area contributed by atoms with Gasteiger partial charge in [-0.2, -0.15) is 5.10 Å². The number of ether oxygens (including phenoxy) is 2. The van der Waals surface area contributed by atoms with E-state index in [1.54, 1.807) is 42.9 Å². The van der Waals surface area contributed by atoms with Crippen LogP contribution in [0.25, 0.3) is 16.6 Å². The van der Waals surface area contributed by atoms with E-state index >= 15 is 0 Å². The number of aliphatic hydroxyl groups is 1. The zero-order valence-electron chi connectivity index (χ0n) is 22.8. The van der Waals surface area contributed by atoms with E-state index < -0.39 is 5.60 Å². The molecule has 2 aliphatic carbocycles. The summed E-state index contributed by atoms with van der Waals surface area (Å²) >= 11 is 0. The van der Waals surface area contributed by atoms with Crippen LogP contribution in [0.1, 0.15) is 45.1 Å². The average molecular weight is 544 g/mol. The van der Waals surface area contributed by atoms with Crippen molar-refractivity contribution < 1.29 is 23.8 Å². The molecule has 2 aromatic heterocycles. The lowest BCUT2D eigenvalue weighted by molar-refractivity contribution is -0.126. The van der Waals surface area contributed by atoms with Crippen molar-refractivity contribution in [3.63, 3.8) is 0 Å². The highest BCUT2D eigenvalue weighted by Gasteiger charge is 2.54. The molecule has 2 heterocycles. The van der Waals surface area contributed by atoms with Gasteiger partial charge < -0.3 is 19.9 Å². The summed E-state index contributed by atoms with van der Waals surface area (Å²) in [5.74, 6) is 1.18. The molecule has 2 fully saturated rings. The fraction of sp³-hybridized carbons (Fsp3) is 0.375. The molecule has 2 saturated carbocycles. The molecular weight excluding hydrogens is 509 g/mol. The molecule has 0 saturated heterocycles. The van der Waals surface area contributed by atoms with Crippen LogP contribution < -0.4 is 14.8 Å². The molecule has 40 heavy (non-hydrogen) atoms. The van der Waals surface area contributed by atoms with Gasteiger partial charge in [-0.15, -0.1) is 0 Å². The summed E-state index contributed by atoms with van der Waals surface area (Å²) in [5.41, 5.74) is 2.48. The molecular formula is C32H34FN3O4. The highest BCUT2D eigenvalue weighted by molar-refractivity contribution is 5.81. The standard InChI is InChI=1S/C32H34FN3O4/c1-31(2,38)20-39-25-11-12-29-22(18-34-36(29)19-25)13-30(37)35-23-14-32(15-23)16-26(17-32)40-24-9-7-21(8-10-24)27-5-3-4-6-28(27)33/h3-12,18-19,23,26,38H,13-17,20H2,1-2H3,(H,35,37). The molecule has 8 heteroatoms. The van der Waals surface area contributed by atoms with Gasteiger partial charge >= 0.3 is 0 Å². The zero-order valence-corrected chi connectivity index (χ0v) is 22.8. The second-order valence-corrected chi connectivity index (χ2v) is 12.0. The Bertz CT molecular complexity index is 1510. The molecule has 0 radical (unpaired) electrons. The normalized spacial score (nSPS) is 22.0. The number of hydrogen-bond donors (Lipinski definition) is 2. The molecule has 7 nitrogen and oxygen atoms in total. The van der Waals surface area contributed by atoms with Crippen LogP contribution in [0.4, 0.5) is 4.39 Å². The molecule has 1 amide bonds. The van der Waals surface area contributed by atoms with E-state index in [4.69, 9.17) is 9.47 Å². The lowest BCUT2D eigenvalue weighted by Crippen LogP contribution is -2.58. The Morgan fingerprint density at radius 1 is 1.07 bits per heavy atom. The Hall–Kier alpha value is -3.91. The van der Waals surface area contributed by atoms with Crippen LogP contribution in [0.3, 0.4) is 0 Å². The van der Waals surface area contributed by atoms with Crippen molar-refractivity contribution in [2.24, 2.45) is 5.41 Å². The van der Waals surface area contributed by atoms with E-state index in [0.29, 0.717) is 11.3 Å². The van der Waals surface area contributed by atoms with Crippen LogP contribution in [-0.2, 0) is 11.2 Å². The zero-order chi connectivity index (χ0) is 27.9. The van der Waals surface area contributed by atoms with Crippen LogP contribution in [0.5, 0.6) is 11.5 Å². The first-order chi connectivity index (χ1) is 19.1. The summed E-state index contributed by atoms with van der Waals surface area (Å²) in [7, 11) is 0. The third kappa shape index (κ3) is 5.68. The van der Waals surface area contributed by atoms with Crippen molar-refractivity contribution in [3.05, 3.63) is 84.4 Å². The van der Waals surface area contributed by atoms with Gasteiger partial charge in [0.2, 0.25) is 5.91 Å². The Kier molecular flexibility index (Phi) is 6.74. The second-order valence-electron chi connectivity index (χ2n) is 12.0. The van der Waals surface area contributed by atoms with Crippen LogP contribution >= 0.6 is 0 Å². The number of nitrogens with zero attached hydrogens (tertiary/aromatic N) is 2. The SMILES string of the molecule is CC(C)(O)COc1ccc2c(CC(=O)NC3CC4(C3)CC(Oc3ccc(-c5ccccc5F)cc3)C4)cnn2c1. The van der Waals surface area contributed by atoms with E-state index in [9.17, 15) is 14.3 Å². The molecule has 1 spiro atoms. The molecule has 6 rings (SSSR count). The van der Waals surface area contributed by atoms with Gasteiger partial charge in [0.15, 0.2) is 0 Å². The molecule has 4 aromatic rings. The second kappa shape index (κ2) is 10.2. The first-order valence-electron chi connectivity index (χ1n) is 13.8. The van der Waals surface area contributed by atoms with Crippen molar-refractivity contribution in [1.82, 2.24) is 14.9 Å². The fourth-order valence-corrected chi connectivity index (χ4v) is 5.96. The number of halogens is 1. The van der Waals surface area contributed by atoms with Gasteiger partial charge in [-0.3, -0.25) is 4.79 Å². The quantitative estimate of drug-likeness (QED) is 0.298. The maximum Gasteiger partial charge on any atom is 0.224 e. The number of aromatic nitrogens is 2. The third-order valence-corrected chi connectivity index (χ3v) is 7.90. The minimum Gasteiger partial charge on any atom is -0.490 e. The highest BCUT2D eigenvalue weighted by Crippen LogP contribution is 2.56. The van der Waals surface area contributed by atoms with E-state index in [1.165, 1.54) is 6.07 Å². The van der Waals surface area contributed by atoms with Gasteiger partial charge in [-0.25, -0.2) is 8.91 Å². The van der Waals surface area contributed by atoms with Gasteiger partial charge in [-0.05, 0) is 80.8 Å². The predicted molar refractivity (Wildman–Crippen MR) is 150 cm³/mol. The number of carbonyl (C=O) groups excluding carboxylic acids is 1. The summed E-state index contributed by atoms with van der Waals surface area (Å²) in [6.07, 6.45) is 7.83. The number of carbonyl (C=O) groups is 1. The summed E-state index contributed by atoms with van der Waals surface area (Å²) in [4.78, 5) is 12.8. The Labute approximate surface area is 232 Å². The smallest absolute Gasteiger partial charge is 0.224 e. The van der Waals surface area contributed by atoms with E-state index in [0.717, 1.165) is 48.1 Å². The van der Waals surface area contributed by atoms with Crippen molar-refractivity contribution in [2.75, 3.05) is 6.61 Å². The molecule has 208 valence electrons.